The Hall–Kier alpha value is -0.290. The first-order valence-corrected chi connectivity index (χ1v) is 8.43. The highest BCUT2D eigenvalue weighted by Gasteiger charge is 2.06. The summed E-state index contributed by atoms with van der Waals surface area (Å²) in [5, 5.41) is 2.10. The first-order valence-electron chi connectivity index (χ1n) is 5.94. The van der Waals surface area contributed by atoms with Gasteiger partial charge in [0.25, 0.3) is 0 Å². The summed E-state index contributed by atoms with van der Waals surface area (Å²) in [7, 11) is 0. The Morgan fingerprint density at radius 3 is 2.83 bits per heavy atom. The van der Waals surface area contributed by atoms with Crippen LogP contribution in [0.1, 0.15) is 18.9 Å². The van der Waals surface area contributed by atoms with Crippen LogP contribution >= 0.6 is 39.0 Å². The molecule has 0 aliphatic rings. The molecule has 1 heterocycles. The number of thiophene rings is 1. The molecule has 2 rings (SSSR count). The van der Waals surface area contributed by atoms with Crippen LogP contribution in [-0.2, 0) is 6.42 Å². The predicted octanol–water partition coefficient (Wildman–Crippen LogP) is 4.94. The molecule has 1 atom stereocenters. The number of benzene rings is 1. The molecule has 18 heavy (non-hydrogen) atoms. The first kappa shape index (κ1) is 14.1. The summed E-state index contributed by atoms with van der Waals surface area (Å²) in [6.07, 6.45) is 1.96. The van der Waals surface area contributed by atoms with Gasteiger partial charge in [-0.05, 0) is 57.9 Å². The molecule has 0 saturated heterocycles. The summed E-state index contributed by atoms with van der Waals surface area (Å²) in [5.74, 6) is 0. The van der Waals surface area contributed by atoms with Crippen molar-refractivity contribution in [2.75, 3.05) is 0 Å². The Kier molecular flexibility index (Phi) is 5.30. The lowest BCUT2D eigenvalue weighted by Gasteiger charge is -2.10. The van der Waals surface area contributed by atoms with E-state index in [0.717, 1.165) is 17.3 Å². The number of rotatable bonds is 5. The fourth-order valence-corrected chi connectivity index (χ4v) is 4.03. The smallest absolute Gasteiger partial charge is 0.0646 e. The van der Waals surface area contributed by atoms with Crippen LogP contribution in [0.5, 0.6) is 0 Å². The van der Waals surface area contributed by atoms with Crippen molar-refractivity contribution in [1.29, 1.82) is 0 Å². The van der Waals surface area contributed by atoms with Crippen LogP contribution in [0.3, 0.4) is 0 Å². The summed E-state index contributed by atoms with van der Waals surface area (Å²) in [4.78, 5) is 1.26. The molecule has 0 spiro atoms. The van der Waals surface area contributed by atoms with Gasteiger partial charge in [-0.15, -0.1) is 11.3 Å². The van der Waals surface area contributed by atoms with Gasteiger partial charge < -0.3 is 5.73 Å². The van der Waals surface area contributed by atoms with Crippen molar-refractivity contribution in [3.05, 3.63) is 45.7 Å². The highest BCUT2D eigenvalue weighted by Crippen LogP contribution is 2.36. The third-order valence-electron chi connectivity index (χ3n) is 2.72. The fourth-order valence-electron chi connectivity index (χ4n) is 1.63. The Bertz CT molecular complexity index is 497. The molecule has 0 aliphatic heterocycles. The van der Waals surface area contributed by atoms with Gasteiger partial charge in [-0.25, -0.2) is 0 Å². The molecule has 1 aromatic heterocycles. The minimum absolute atomic E-state index is 0.257. The molecule has 0 radical (unpaired) electrons. The lowest BCUT2D eigenvalue weighted by molar-refractivity contribution is 0.646. The molecule has 0 bridgehead atoms. The topological polar surface area (TPSA) is 26.0 Å². The average Bonchev–Trinajstić information content (AvgIpc) is 2.85. The molecular weight excluding hydrogens is 326 g/mol. The van der Waals surface area contributed by atoms with Crippen molar-refractivity contribution < 1.29 is 0 Å². The van der Waals surface area contributed by atoms with Crippen molar-refractivity contribution in [2.24, 2.45) is 5.73 Å². The maximum Gasteiger partial charge on any atom is 0.0646 e. The normalized spacial score (nSPS) is 12.6. The Labute approximate surface area is 125 Å². The highest BCUT2D eigenvalue weighted by molar-refractivity contribution is 9.10. The van der Waals surface area contributed by atoms with Crippen molar-refractivity contribution >= 4 is 39.0 Å². The number of halogens is 1. The van der Waals surface area contributed by atoms with Gasteiger partial charge in [0.05, 0.1) is 4.21 Å². The highest BCUT2D eigenvalue weighted by atomic mass is 79.9. The predicted molar refractivity (Wildman–Crippen MR) is 84.6 cm³/mol. The Balaban J connectivity index is 2.10. The zero-order valence-corrected chi connectivity index (χ0v) is 13.4. The summed E-state index contributed by atoms with van der Waals surface area (Å²) in [6.45, 7) is 2.13. The number of nitrogens with two attached hydrogens (primary N) is 1. The molecule has 2 N–H and O–H groups in total. The van der Waals surface area contributed by atoms with Gasteiger partial charge in [-0.1, -0.05) is 30.8 Å². The van der Waals surface area contributed by atoms with E-state index in [2.05, 4.69) is 58.6 Å². The van der Waals surface area contributed by atoms with Crippen LogP contribution in [0.15, 0.2) is 49.3 Å². The van der Waals surface area contributed by atoms with Crippen molar-refractivity contribution in [3.8, 4) is 0 Å². The molecule has 1 nitrogen and oxygen atoms in total. The van der Waals surface area contributed by atoms with E-state index in [4.69, 9.17) is 5.73 Å². The lowest BCUT2D eigenvalue weighted by atomic mass is 10.1. The summed E-state index contributed by atoms with van der Waals surface area (Å²) in [6, 6.07) is 11.0. The average molecular weight is 342 g/mol. The molecule has 1 aromatic carbocycles. The summed E-state index contributed by atoms with van der Waals surface area (Å²) in [5.41, 5.74) is 7.28. The van der Waals surface area contributed by atoms with E-state index >= 15 is 0 Å². The molecule has 1 unspecified atom stereocenters. The van der Waals surface area contributed by atoms with E-state index in [1.165, 1.54) is 14.7 Å². The van der Waals surface area contributed by atoms with Crippen LogP contribution in [0.2, 0.25) is 0 Å². The maximum atomic E-state index is 5.98. The summed E-state index contributed by atoms with van der Waals surface area (Å²) < 4.78 is 2.47. The van der Waals surface area contributed by atoms with E-state index in [-0.39, 0.29) is 6.04 Å². The third-order valence-corrected chi connectivity index (χ3v) is 5.76. The van der Waals surface area contributed by atoms with Gasteiger partial charge in [-0.2, -0.15) is 0 Å². The molecule has 0 fully saturated rings. The monoisotopic (exact) mass is 341 g/mol. The van der Waals surface area contributed by atoms with E-state index < -0.39 is 0 Å². The van der Waals surface area contributed by atoms with Crippen LogP contribution in [0.4, 0.5) is 0 Å². The fraction of sp³-hybridized carbons (Fsp3) is 0.286. The van der Waals surface area contributed by atoms with Crippen LogP contribution < -0.4 is 5.73 Å². The van der Waals surface area contributed by atoms with E-state index in [9.17, 15) is 0 Å². The Morgan fingerprint density at radius 2 is 2.22 bits per heavy atom. The SMILES string of the molecule is CCC(N)Cc1ccc(Sc2cccs2)c(Br)c1. The van der Waals surface area contributed by atoms with Crippen LogP contribution in [-0.4, -0.2) is 6.04 Å². The van der Waals surface area contributed by atoms with Crippen LogP contribution in [0, 0.1) is 0 Å². The van der Waals surface area contributed by atoms with Crippen LogP contribution in [0.25, 0.3) is 0 Å². The lowest BCUT2D eigenvalue weighted by Crippen LogP contribution is -2.21. The largest absolute Gasteiger partial charge is 0.327 e. The van der Waals surface area contributed by atoms with Gasteiger partial charge in [-0.3, -0.25) is 0 Å². The van der Waals surface area contributed by atoms with Gasteiger partial charge in [0.1, 0.15) is 0 Å². The standard InChI is InChI=1S/C14H16BrNS2/c1-2-11(16)8-10-5-6-13(12(15)9-10)18-14-4-3-7-17-14/h3-7,9,11H,2,8,16H2,1H3. The number of hydrogen-bond acceptors (Lipinski definition) is 3. The zero-order chi connectivity index (χ0) is 13.0. The van der Waals surface area contributed by atoms with E-state index in [1.807, 2.05) is 0 Å². The molecule has 0 aliphatic carbocycles. The second kappa shape index (κ2) is 6.75. The molecular formula is C14H16BrNS2. The second-order valence-corrected chi connectivity index (χ2v) is 7.32. The van der Waals surface area contributed by atoms with E-state index in [1.54, 1.807) is 23.1 Å². The number of hydrogen-bond donors (Lipinski definition) is 1. The minimum Gasteiger partial charge on any atom is -0.327 e. The summed E-state index contributed by atoms with van der Waals surface area (Å²) >= 11 is 7.21. The quantitative estimate of drug-likeness (QED) is 0.833. The zero-order valence-electron chi connectivity index (χ0n) is 10.2. The van der Waals surface area contributed by atoms with Crippen molar-refractivity contribution in [2.45, 2.75) is 34.9 Å². The van der Waals surface area contributed by atoms with Gasteiger partial charge in [0.2, 0.25) is 0 Å². The second-order valence-electron chi connectivity index (χ2n) is 4.17. The Morgan fingerprint density at radius 1 is 1.39 bits per heavy atom. The molecule has 0 saturated carbocycles. The molecule has 4 heteroatoms. The molecule has 0 amide bonds. The van der Waals surface area contributed by atoms with Gasteiger partial charge in [0, 0.05) is 15.4 Å². The van der Waals surface area contributed by atoms with Crippen molar-refractivity contribution in [3.63, 3.8) is 0 Å². The van der Waals surface area contributed by atoms with Gasteiger partial charge >= 0.3 is 0 Å². The molecule has 2 aromatic rings. The van der Waals surface area contributed by atoms with Gasteiger partial charge in [0.15, 0.2) is 0 Å². The minimum atomic E-state index is 0.257. The first-order chi connectivity index (χ1) is 8.69. The van der Waals surface area contributed by atoms with E-state index in [0.29, 0.717) is 0 Å². The van der Waals surface area contributed by atoms with Crippen molar-refractivity contribution in [1.82, 2.24) is 0 Å². The maximum absolute atomic E-state index is 5.98. The molecule has 96 valence electrons. The third kappa shape index (κ3) is 3.85.